The maximum absolute atomic E-state index is 12.2. The first-order valence-corrected chi connectivity index (χ1v) is 10.2. The van der Waals surface area contributed by atoms with Crippen molar-refractivity contribution in [3.63, 3.8) is 0 Å². The van der Waals surface area contributed by atoms with E-state index in [1.807, 2.05) is 30.3 Å². The minimum atomic E-state index is -0.731. The van der Waals surface area contributed by atoms with Crippen LogP contribution in [0, 0.1) is 0 Å². The molecule has 10 heteroatoms. The van der Waals surface area contributed by atoms with Gasteiger partial charge in [0.25, 0.3) is 5.91 Å². The number of amides is 3. The fraction of sp³-hybridized carbons (Fsp3) is 0.158. The molecule has 150 valence electrons. The summed E-state index contributed by atoms with van der Waals surface area (Å²) in [5.74, 6) is -0.651. The third-order valence-electron chi connectivity index (χ3n) is 3.85. The number of carbonyl (C=O) groups excluding carboxylic acids is 2. The van der Waals surface area contributed by atoms with Crippen molar-refractivity contribution in [3.05, 3.63) is 70.0 Å². The molecule has 0 spiro atoms. The number of ether oxygens (including phenoxy) is 1. The lowest BCUT2D eigenvalue weighted by Crippen LogP contribution is -2.31. The third-order valence-corrected chi connectivity index (χ3v) is 5.12. The van der Waals surface area contributed by atoms with Crippen molar-refractivity contribution >= 4 is 44.4 Å². The van der Waals surface area contributed by atoms with Gasteiger partial charge in [-0.15, -0.1) is 0 Å². The molecule has 0 saturated heterocycles. The molecule has 2 aromatic heterocycles. The summed E-state index contributed by atoms with van der Waals surface area (Å²) in [5, 5.41) is 5.59. The molecule has 4 N–H and O–H groups in total. The van der Waals surface area contributed by atoms with Gasteiger partial charge in [-0.2, -0.15) is 4.37 Å². The summed E-state index contributed by atoms with van der Waals surface area (Å²) in [4.78, 5) is 28.0. The highest BCUT2D eigenvalue weighted by Gasteiger charge is 2.22. The van der Waals surface area contributed by atoms with Gasteiger partial charge in [-0.1, -0.05) is 34.1 Å². The monoisotopic (exact) mass is 475 g/mol. The highest BCUT2D eigenvalue weighted by atomic mass is 79.9. The summed E-state index contributed by atoms with van der Waals surface area (Å²) >= 11 is 4.31. The van der Waals surface area contributed by atoms with Gasteiger partial charge in [0.15, 0.2) is 0 Å². The van der Waals surface area contributed by atoms with E-state index in [-0.39, 0.29) is 23.1 Å². The number of anilines is 1. The van der Waals surface area contributed by atoms with Crippen LogP contribution in [0.3, 0.4) is 0 Å². The molecular weight excluding hydrogens is 458 g/mol. The Morgan fingerprint density at radius 2 is 1.97 bits per heavy atom. The molecule has 0 fully saturated rings. The Hall–Kier alpha value is -2.98. The molecule has 3 rings (SSSR count). The minimum Gasteiger partial charge on any atom is -0.472 e. The molecule has 0 saturated carbocycles. The van der Waals surface area contributed by atoms with E-state index in [1.165, 1.54) is 0 Å². The second-order valence-corrected chi connectivity index (χ2v) is 7.65. The van der Waals surface area contributed by atoms with E-state index >= 15 is 0 Å². The number of nitrogens with one attached hydrogen (secondary N) is 2. The van der Waals surface area contributed by atoms with Crippen molar-refractivity contribution in [2.24, 2.45) is 5.73 Å². The molecule has 0 unspecified atom stereocenters. The first kappa shape index (κ1) is 20.7. The van der Waals surface area contributed by atoms with Crippen LogP contribution in [0.5, 0.6) is 5.88 Å². The van der Waals surface area contributed by atoms with Crippen LogP contribution in [0.1, 0.15) is 21.5 Å². The van der Waals surface area contributed by atoms with Gasteiger partial charge in [0.1, 0.15) is 17.2 Å². The molecule has 0 aliphatic carbocycles. The summed E-state index contributed by atoms with van der Waals surface area (Å²) in [5.41, 5.74) is 7.40. The lowest BCUT2D eigenvalue weighted by atomic mass is 10.1. The average Bonchev–Trinajstić information content (AvgIpc) is 3.11. The van der Waals surface area contributed by atoms with Crippen molar-refractivity contribution in [1.29, 1.82) is 0 Å². The third kappa shape index (κ3) is 6.00. The van der Waals surface area contributed by atoms with Crippen molar-refractivity contribution in [3.8, 4) is 5.88 Å². The van der Waals surface area contributed by atoms with Crippen molar-refractivity contribution in [1.82, 2.24) is 14.7 Å². The van der Waals surface area contributed by atoms with E-state index in [4.69, 9.17) is 10.5 Å². The smallest absolute Gasteiger partial charge is 0.319 e. The Morgan fingerprint density at radius 3 is 2.66 bits per heavy atom. The molecule has 29 heavy (non-hydrogen) atoms. The zero-order chi connectivity index (χ0) is 20.6. The molecule has 2 heterocycles. The SMILES string of the molecule is NC(=O)c1c(OCc2cccnc2)nsc1NC(=O)NCCc1ccc(Br)cc1. The minimum absolute atomic E-state index is 0.0435. The number of carbonyl (C=O) groups is 2. The normalized spacial score (nSPS) is 10.4. The van der Waals surface area contributed by atoms with Crippen molar-refractivity contribution < 1.29 is 14.3 Å². The number of halogens is 1. The first-order valence-electron chi connectivity index (χ1n) is 8.63. The van der Waals surface area contributed by atoms with E-state index < -0.39 is 11.9 Å². The van der Waals surface area contributed by atoms with E-state index in [2.05, 4.69) is 35.9 Å². The molecule has 3 aromatic rings. The van der Waals surface area contributed by atoms with Gasteiger partial charge in [-0.25, -0.2) is 4.79 Å². The maximum Gasteiger partial charge on any atom is 0.319 e. The van der Waals surface area contributed by atoms with Crippen LogP contribution >= 0.6 is 27.5 Å². The number of aromatic nitrogens is 2. The van der Waals surface area contributed by atoms with Gasteiger partial charge in [0.2, 0.25) is 5.88 Å². The lowest BCUT2D eigenvalue weighted by Gasteiger charge is -2.08. The summed E-state index contributed by atoms with van der Waals surface area (Å²) < 4.78 is 10.7. The van der Waals surface area contributed by atoms with Gasteiger partial charge in [0.05, 0.1) is 0 Å². The number of benzene rings is 1. The number of nitrogens with two attached hydrogens (primary N) is 1. The van der Waals surface area contributed by atoms with E-state index in [0.29, 0.717) is 13.0 Å². The second-order valence-electron chi connectivity index (χ2n) is 5.96. The van der Waals surface area contributed by atoms with Gasteiger partial charge in [-0.3, -0.25) is 15.1 Å². The van der Waals surface area contributed by atoms with Gasteiger partial charge in [-0.05, 0) is 41.7 Å². The van der Waals surface area contributed by atoms with Crippen LogP contribution in [0.25, 0.3) is 0 Å². The number of hydrogen-bond acceptors (Lipinski definition) is 6. The van der Waals surface area contributed by atoms with Crippen LogP contribution in [-0.4, -0.2) is 27.8 Å². The summed E-state index contributed by atoms with van der Waals surface area (Å²) in [6.07, 6.45) is 3.97. The highest BCUT2D eigenvalue weighted by Crippen LogP contribution is 2.30. The maximum atomic E-state index is 12.2. The zero-order valence-corrected chi connectivity index (χ0v) is 17.6. The highest BCUT2D eigenvalue weighted by molar-refractivity contribution is 9.10. The summed E-state index contributed by atoms with van der Waals surface area (Å²) in [6, 6.07) is 11.0. The second kappa shape index (κ2) is 9.99. The molecule has 0 aliphatic heterocycles. The van der Waals surface area contributed by atoms with Crippen LogP contribution < -0.4 is 21.1 Å². The lowest BCUT2D eigenvalue weighted by molar-refractivity contribution is 0.0996. The van der Waals surface area contributed by atoms with E-state index in [1.54, 1.807) is 18.5 Å². The number of hydrogen-bond donors (Lipinski definition) is 3. The first-order chi connectivity index (χ1) is 14.0. The number of pyridine rings is 1. The van der Waals surface area contributed by atoms with Gasteiger partial charge in [0, 0.05) is 29.0 Å². The fourth-order valence-corrected chi connectivity index (χ4v) is 3.43. The van der Waals surface area contributed by atoms with Gasteiger partial charge >= 0.3 is 6.03 Å². The predicted molar refractivity (Wildman–Crippen MR) is 114 cm³/mol. The van der Waals surface area contributed by atoms with Gasteiger partial charge < -0.3 is 15.8 Å². The van der Waals surface area contributed by atoms with Crippen molar-refractivity contribution in [2.75, 3.05) is 11.9 Å². The van der Waals surface area contributed by atoms with Crippen LogP contribution in [0.4, 0.5) is 9.80 Å². The predicted octanol–water partition coefficient (Wildman–Crippen LogP) is 3.34. The molecule has 0 atom stereocenters. The molecule has 0 radical (unpaired) electrons. The van der Waals surface area contributed by atoms with Crippen molar-refractivity contribution in [2.45, 2.75) is 13.0 Å². The Morgan fingerprint density at radius 1 is 1.17 bits per heavy atom. The molecular formula is C19H18BrN5O3S. The number of primary amides is 1. The standard InChI is InChI=1S/C19H18BrN5O3S/c20-14-5-3-12(4-6-14)7-9-23-19(27)24-18-15(16(21)26)17(25-29-18)28-11-13-2-1-8-22-10-13/h1-6,8,10H,7,9,11H2,(H2,21,26)(H2,23,24,27). The Labute approximate surface area is 179 Å². The Balaban J connectivity index is 1.56. The molecule has 3 amide bonds. The Kier molecular flexibility index (Phi) is 7.14. The molecule has 8 nitrogen and oxygen atoms in total. The fourth-order valence-electron chi connectivity index (χ4n) is 2.43. The van der Waals surface area contributed by atoms with Crippen LogP contribution in [0.2, 0.25) is 0 Å². The average molecular weight is 476 g/mol. The Bertz CT molecular complexity index is 979. The molecule has 0 bridgehead atoms. The number of rotatable bonds is 8. The quantitative estimate of drug-likeness (QED) is 0.461. The summed E-state index contributed by atoms with van der Waals surface area (Å²) in [6.45, 7) is 0.610. The van der Waals surface area contributed by atoms with Crippen LogP contribution in [-0.2, 0) is 13.0 Å². The van der Waals surface area contributed by atoms with E-state index in [0.717, 1.165) is 27.1 Å². The number of nitrogens with zero attached hydrogens (tertiary/aromatic N) is 2. The summed E-state index contributed by atoms with van der Waals surface area (Å²) in [7, 11) is 0. The van der Waals surface area contributed by atoms with E-state index in [9.17, 15) is 9.59 Å². The topological polar surface area (TPSA) is 119 Å². The van der Waals surface area contributed by atoms with Crippen LogP contribution in [0.15, 0.2) is 53.3 Å². The number of urea groups is 1. The largest absolute Gasteiger partial charge is 0.472 e. The molecule has 0 aliphatic rings. The molecule has 1 aromatic carbocycles. The zero-order valence-electron chi connectivity index (χ0n) is 15.2.